The van der Waals surface area contributed by atoms with Crippen LogP contribution in [0, 0.1) is 5.41 Å². The maximum atomic E-state index is 9.37. The highest BCUT2D eigenvalue weighted by atomic mass is 16.3. The topological polar surface area (TPSA) is 37.2 Å². The van der Waals surface area contributed by atoms with Crippen LogP contribution in [0.5, 0.6) is 0 Å². The molecule has 0 aliphatic carbocycles. The molecule has 1 unspecified atom stereocenters. The van der Waals surface area contributed by atoms with E-state index in [1.165, 1.54) is 10.9 Å². The highest BCUT2D eigenvalue weighted by molar-refractivity contribution is 5.79. The normalized spacial score (nSPS) is 14.6. The summed E-state index contributed by atoms with van der Waals surface area (Å²) in [4.78, 5) is 0. The number of aryl methyl sites for hydroxylation is 1. The van der Waals surface area contributed by atoms with Crippen LogP contribution in [-0.4, -0.2) is 29.4 Å². The fourth-order valence-electron chi connectivity index (χ4n) is 2.39. The van der Waals surface area contributed by atoms with E-state index >= 15 is 0 Å². The van der Waals surface area contributed by atoms with Crippen LogP contribution in [0.4, 0.5) is 0 Å². The molecule has 20 heavy (non-hydrogen) atoms. The van der Waals surface area contributed by atoms with E-state index in [9.17, 15) is 5.11 Å². The Morgan fingerprint density at radius 3 is 2.80 bits per heavy atom. The fourth-order valence-corrected chi connectivity index (χ4v) is 2.39. The number of aliphatic hydroxyl groups is 1. The van der Waals surface area contributed by atoms with Gasteiger partial charge in [-0.25, -0.2) is 0 Å². The van der Waals surface area contributed by atoms with E-state index < -0.39 is 0 Å². The summed E-state index contributed by atoms with van der Waals surface area (Å²) in [5.74, 6) is 0. The number of hydrogen-bond acceptors (Lipinski definition) is 2. The first kappa shape index (κ1) is 15.1. The lowest BCUT2D eigenvalue weighted by molar-refractivity contribution is 0.135. The molecule has 0 saturated carbocycles. The minimum Gasteiger partial charge on any atom is -0.396 e. The van der Waals surface area contributed by atoms with Gasteiger partial charge in [-0.3, -0.25) is 0 Å². The summed E-state index contributed by atoms with van der Waals surface area (Å²) in [6.45, 7) is 7.40. The van der Waals surface area contributed by atoms with Gasteiger partial charge in [0.2, 0.25) is 0 Å². The predicted octanol–water partition coefficient (Wildman–Crippen LogP) is 3.03. The quantitative estimate of drug-likeness (QED) is 0.726. The number of nitrogens with zero attached hydrogens (tertiary/aromatic N) is 1. The summed E-state index contributed by atoms with van der Waals surface area (Å²) in [5.41, 5.74) is 1.32. The summed E-state index contributed by atoms with van der Waals surface area (Å²) in [6, 6.07) is 10.7. The Hall–Kier alpha value is -1.32. The van der Waals surface area contributed by atoms with Crippen molar-refractivity contribution in [2.75, 3.05) is 19.7 Å². The molecular weight excluding hydrogens is 248 g/mol. The third-order valence-corrected chi connectivity index (χ3v) is 4.22. The van der Waals surface area contributed by atoms with Gasteiger partial charge in [0, 0.05) is 36.8 Å². The van der Waals surface area contributed by atoms with Crippen molar-refractivity contribution in [1.29, 1.82) is 0 Å². The van der Waals surface area contributed by atoms with Crippen molar-refractivity contribution in [2.24, 2.45) is 5.41 Å². The monoisotopic (exact) mass is 274 g/mol. The number of aliphatic hydroxyl groups excluding tert-OH is 1. The molecule has 1 atom stereocenters. The number of hydrogen-bond donors (Lipinski definition) is 2. The zero-order chi connectivity index (χ0) is 14.4. The number of rotatable bonds is 8. The molecule has 3 heteroatoms. The molecule has 0 radical (unpaired) electrons. The summed E-state index contributed by atoms with van der Waals surface area (Å²) in [7, 11) is 0. The lowest BCUT2D eigenvalue weighted by Gasteiger charge is -2.25. The molecule has 0 spiro atoms. The molecule has 0 aliphatic rings. The van der Waals surface area contributed by atoms with Crippen LogP contribution in [-0.2, 0) is 6.54 Å². The first-order valence-corrected chi connectivity index (χ1v) is 7.54. The van der Waals surface area contributed by atoms with Crippen LogP contribution in [0.15, 0.2) is 36.5 Å². The van der Waals surface area contributed by atoms with Crippen LogP contribution < -0.4 is 5.32 Å². The van der Waals surface area contributed by atoms with E-state index in [1.807, 2.05) is 0 Å². The molecule has 0 fully saturated rings. The number of para-hydroxylation sites is 1. The van der Waals surface area contributed by atoms with Crippen molar-refractivity contribution in [3.8, 4) is 0 Å². The van der Waals surface area contributed by atoms with Crippen LogP contribution >= 0.6 is 0 Å². The van der Waals surface area contributed by atoms with Gasteiger partial charge >= 0.3 is 0 Å². The second-order valence-corrected chi connectivity index (χ2v) is 5.92. The molecule has 0 aliphatic heterocycles. The Morgan fingerprint density at radius 1 is 1.25 bits per heavy atom. The lowest BCUT2D eigenvalue weighted by Crippen LogP contribution is -2.35. The average Bonchev–Trinajstić information content (AvgIpc) is 2.90. The lowest BCUT2D eigenvalue weighted by atomic mass is 9.89. The van der Waals surface area contributed by atoms with Crippen molar-refractivity contribution >= 4 is 10.9 Å². The van der Waals surface area contributed by atoms with Crippen molar-refractivity contribution in [1.82, 2.24) is 9.88 Å². The van der Waals surface area contributed by atoms with Crippen molar-refractivity contribution in [2.45, 2.75) is 33.2 Å². The third kappa shape index (κ3) is 3.62. The zero-order valence-electron chi connectivity index (χ0n) is 12.6. The Bertz CT molecular complexity index is 529. The van der Waals surface area contributed by atoms with E-state index in [-0.39, 0.29) is 12.0 Å². The molecular formula is C17H26N2O. The molecule has 0 bridgehead atoms. The Balaban J connectivity index is 1.76. The summed E-state index contributed by atoms with van der Waals surface area (Å²) >= 11 is 0. The average molecular weight is 274 g/mol. The first-order chi connectivity index (χ1) is 9.68. The van der Waals surface area contributed by atoms with Crippen molar-refractivity contribution in [3.05, 3.63) is 36.5 Å². The molecule has 2 aromatic rings. The van der Waals surface area contributed by atoms with Gasteiger partial charge in [0.05, 0.1) is 0 Å². The Kier molecular flexibility index (Phi) is 5.21. The second-order valence-electron chi connectivity index (χ2n) is 5.92. The van der Waals surface area contributed by atoms with Gasteiger partial charge in [0.1, 0.15) is 0 Å². The molecule has 2 rings (SSSR count). The first-order valence-electron chi connectivity index (χ1n) is 7.54. The molecule has 0 saturated heterocycles. The summed E-state index contributed by atoms with van der Waals surface area (Å²) < 4.78 is 2.31. The van der Waals surface area contributed by atoms with E-state index in [2.05, 4.69) is 60.3 Å². The van der Waals surface area contributed by atoms with Crippen LogP contribution in [0.1, 0.15) is 26.7 Å². The highest BCUT2D eigenvalue weighted by Crippen LogP contribution is 2.18. The highest BCUT2D eigenvalue weighted by Gasteiger charge is 2.19. The third-order valence-electron chi connectivity index (χ3n) is 4.22. The second kappa shape index (κ2) is 6.91. The minimum atomic E-state index is 0.0140. The number of nitrogens with one attached hydrogen (secondary N) is 1. The molecule has 1 aromatic carbocycles. The predicted molar refractivity (Wildman–Crippen MR) is 84.9 cm³/mol. The van der Waals surface area contributed by atoms with Gasteiger partial charge in [0.15, 0.2) is 0 Å². The van der Waals surface area contributed by atoms with Gasteiger partial charge in [-0.1, -0.05) is 32.0 Å². The van der Waals surface area contributed by atoms with Gasteiger partial charge in [0.25, 0.3) is 0 Å². The van der Waals surface area contributed by atoms with Gasteiger partial charge in [-0.2, -0.15) is 0 Å². The minimum absolute atomic E-state index is 0.0140. The molecule has 2 N–H and O–H groups in total. The molecule has 1 heterocycles. The maximum Gasteiger partial charge on any atom is 0.0496 e. The van der Waals surface area contributed by atoms with Gasteiger partial charge < -0.3 is 15.0 Å². The number of aromatic nitrogens is 1. The largest absolute Gasteiger partial charge is 0.396 e. The fraction of sp³-hybridized carbons (Fsp3) is 0.529. The van der Waals surface area contributed by atoms with E-state index in [1.54, 1.807) is 0 Å². The van der Waals surface area contributed by atoms with E-state index in [0.717, 1.165) is 32.5 Å². The summed E-state index contributed by atoms with van der Waals surface area (Å²) in [6.07, 6.45) is 4.26. The molecule has 1 aromatic heterocycles. The van der Waals surface area contributed by atoms with E-state index in [0.29, 0.717) is 0 Å². The van der Waals surface area contributed by atoms with Crippen LogP contribution in [0.2, 0.25) is 0 Å². The van der Waals surface area contributed by atoms with E-state index in [4.69, 9.17) is 0 Å². The molecule has 3 nitrogen and oxygen atoms in total. The van der Waals surface area contributed by atoms with Gasteiger partial charge in [-0.05, 0) is 36.9 Å². The van der Waals surface area contributed by atoms with Crippen LogP contribution in [0.3, 0.4) is 0 Å². The molecule has 110 valence electrons. The smallest absolute Gasteiger partial charge is 0.0496 e. The van der Waals surface area contributed by atoms with Gasteiger partial charge in [-0.15, -0.1) is 0 Å². The zero-order valence-corrected chi connectivity index (χ0v) is 12.6. The number of fused-ring (bicyclic) bond motifs is 1. The molecule has 0 amide bonds. The maximum absolute atomic E-state index is 9.37. The Morgan fingerprint density at radius 2 is 2.05 bits per heavy atom. The number of benzene rings is 1. The summed E-state index contributed by atoms with van der Waals surface area (Å²) in [5, 5.41) is 14.1. The SMILES string of the molecule is CCC(C)(CO)CNCCCn1ccc2ccccc21. The van der Waals surface area contributed by atoms with Crippen LogP contribution in [0.25, 0.3) is 10.9 Å². The Labute approximate surface area is 121 Å². The van der Waals surface area contributed by atoms with Crippen molar-refractivity contribution < 1.29 is 5.11 Å². The van der Waals surface area contributed by atoms with Crippen molar-refractivity contribution in [3.63, 3.8) is 0 Å². The standard InChI is InChI=1S/C17H26N2O/c1-3-17(2,14-20)13-18-10-6-11-19-12-9-15-7-4-5-8-16(15)19/h4-5,7-9,12,18,20H,3,6,10-11,13-14H2,1-2H3.